The van der Waals surface area contributed by atoms with Crippen LogP contribution >= 0.6 is 11.3 Å². The van der Waals surface area contributed by atoms with E-state index in [2.05, 4.69) is 15.0 Å². The molecule has 7 nitrogen and oxygen atoms in total. The Morgan fingerprint density at radius 3 is 2.47 bits per heavy atom. The third-order valence-electron chi connectivity index (χ3n) is 4.16. The van der Waals surface area contributed by atoms with Crippen LogP contribution in [0.3, 0.4) is 0 Å². The number of hydrogen-bond acceptors (Lipinski definition) is 6. The van der Waals surface area contributed by atoms with E-state index < -0.39 is 10.0 Å². The number of rotatable bonds is 9. The topological polar surface area (TPSA) is 97.4 Å². The molecule has 3 aromatic rings. The van der Waals surface area contributed by atoms with Gasteiger partial charge in [-0.3, -0.25) is 9.52 Å². The van der Waals surface area contributed by atoms with Crippen molar-refractivity contribution in [2.24, 2.45) is 0 Å². The predicted molar refractivity (Wildman–Crippen MR) is 119 cm³/mol. The summed E-state index contributed by atoms with van der Waals surface area (Å²) in [5.41, 5.74) is 2.32. The second-order valence-electron chi connectivity index (χ2n) is 6.57. The average Bonchev–Trinajstić information content (AvgIpc) is 3.15. The maximum atomic E-state index is 12.4. The lowest BCUT2D eigenvalue weighted by Crippen LogP contribution is -2.13. The molecule has 1 heterocycles. The van der Waals surface area contributed by atoms with Crippen LogP contribution in [0.25, 0.3) is 0 Å². The fourth-order valence-electron chi connectivity index (χ4n) is 2.63. The van der Waals surface area contributed by atoms with Crippen molar-refractivity contribution in [3.63, 3.8) is 0 Å². The van der Waals surface area contributed by atoms with E-state index in [1.54, 1.807) is 53.9 Å². The molecule has 0 aliphatic heterocycles. The van der Waals surface area contributed by atoms with E-state index in [0.717, 1.165) is 11.3 Å². The molecule has 2 aromatic carbocycles. The number of nitrogens with zero attached hydrogens (tertiary/aromatic N) is 1. The van der Waals surface area contributed by atoms with Crippen molar-refractivity contribution in [3.05, 3.63) is 65.2 Å². The number of ether oxygens (including phenoxy) is 1. The van der Waals surface area contributed by atoms with Gasteiger partial charge in [0.2, 0.25) is 5.91 Å². The van der Waals surface area contributed by atoms with Gasteiger partial charge < -0.3 is 10.1 Å². The molecule has 9 heteroatoms. The van der Waals surface area contributed by atoms with Gasteiger partial charge >= 0.3 is 0 Å². The molecule has 158 valence electrons. The Balaban J connectivity index is 1.52. The molecule has 0 aliphatic rings. The van der Waals surface area contributed by atoms with E-state index in [9.17, 15) is 13.2 Å². The van der Waals surface area contributed by atoms with Gasteiger partial charge in [-0.15, -0.1) is 11.3 Å². The van der Waals surface area contributed by atoms with Gasteiger partial charge in [0.25, 0.3) is 10.0 Å². The minimum Gasteiger partial charge on any atom is -0.494 e. The lowest BCUT2D eigenvalue weighted by Gasteiger charge is -2.07. The quantitative estimate of drug-likeness (QED) is 0.514. The number of amides is 1. The largest absolute Gasteiger partial charge is 0.494 e. The molecule has 1 aromatic heterocycles. The maximum absolute atomic E-state index is 12.4. The highest BCUT2D eigenvalue weighted by Crippen LogP contribution is 2.21. The smallest absolute Gasteiger partial charge is 0.263 e. The minimum absolute atomic E-state index is 0.144. The fraction of sp³-hybridized carbons (Fsp3) is 0.238. The first-order valence-electron chi connectivity index (χ1n) is 9.42. The lowest BCUT2D eigenvalue weighted by atomic mass is 10.2. The van der Waals surface area contributed by atoms with Crippen LogP contribution in [0.4, 0.5) is 10.8 Å². The number of nitrogens with one attached hydrogen (secondary N) is 2. The maximum Gasteiger partial charge on any atom is 0.263 e. The summed E-state index contributed by atoms with van der Waals surface area (Å²) in [5.74, 6) is 0.604. The van der Waals surface area contributed by atoms with Gasteiger partial charge in [-0.1, -0.05) is 17.7 Å². The number of carbonyl (C=O) groups excluding carboxylic acids is 1. The third kappa shape index (κ3) is 6.04. The van der Waals surface area contributed by atoms with Gasteiger partial charge in [0, 0.05) is 17.5 Å². The molecule has 0 spiro atoms. The molecule has 0 aliphatic carbocycles. The highest BCUT2D eigenvalue weighted by Gasteiger charge is 2.16. The summed E-state index contributed by atoms with van der Waals surface area (Å²) in [6.07, 6.45) is 0.646. The van der Waals surface area contributed by atoms with E-state index in [1.807, 2.05) is 13.8 Å². The molecule has 0 unspecified atom stereocenters. The highest BCUT2D eigenvalue weighted by atomic mass is 32.2. The van der Waals surface area contributed by atoms with Crippen molar-refractivity contribution in [2.45, 2.75) is 31.6 Å². The van der Waals surface area contributed by atoms with Crippen molar-refractivity contribution in [1.82, 2.24) is 4.98 Å². The predicted octanol–water partition coefficient (Wildman–Crippen LogP) is 4.22. The van der Waals surface area contributed by atoms with Crippen LogP contribution in [-0.4, -0.2) is 25.9 Å². The molecule has 0 radical (unpaired) electrons. The van der Waals surface area contributed by atoms with Crippen LogP contribution in [0.15, 0.2) is 58.8 Å². The summed E-state index contributed by atoms with van der Waals surface area (Å²) in [7, 11) is -3.69. The molecule has 0 fully saturated rings. The second kappa shape index (κ2) is 9.73. The van der Waals surface area contributed by atoms with Gasteiger partial charge in [-0.05, 0) is 56.7 Å². The van der Waals surface area contributed by atoms with Crippen LogP contribution in [-0.2, 0) is 21.2 Å². The highest BCUT2D eigenvalue weighted by molar-refractivity contribution is 7.93. The van der Waals surface area contributed by atoms with E-state index in [4.69, 9.17) is 4.74 Å². The summed E-state index contributed by atoms with van der Waals surface area (Å²) >= 11 is 1.19. The van der Waals surface area contributed by atoms with Crippen molar-refractivity contribution in [3.8, 4) is 5.75 Å². The zero-order valence-electron chi connectivity index (χ0n) is 16.7. The molecule has 0 saturated carbocycles. The van der Waals surface area contributed by atoms with Crippen molar-refractivity contribution in [1.29, 1.82) is 0 Å². The first kappa shape index (κ1) is 21.8. The van der Waals surface area contributed by atoms with Crippen LogP contribution in [0.2, 0.25) is 0 Å². The minimum atomic E-state index is -3.69. The van der Waals surface area contributed by atoms with Crippen molar-refractivity contribution < 1.29 is 17.9 Å². The number of carbonyl (C=O) groups is 1. The van der Waals surface area contributed by atoms with E-state index >= 15 is 0 Å². The van der Waals surface area contributed by atoms with Crippen LogP contribution < -0.4 is 14.8 Å². The van der Waals surface area contributed by atoms with Crippen molar-refractivity contribution >= 4 is 38.1 Å². The monoisotopic (exact) mass is 445 g/mol. The number of sulfonamides is 1. The van der Waals surface area contributed by atoms with Crippen molar-refractivity contribution in [2.75, 3.05) is 16.6 Å². The summed E-state index contributed by atoms with van der Waals surface area (Å²) in [5, 5.41) is 4.84. The fourth-order valence-corrected chi connectivity index (χ4v) is 4.62. The molecule has 0 bridgehead atoms. The van der Waals surface area contributed by atoms with E-state index in [0.29, 0.717) is 24.4 Å². The molecule has 3 rings (SSSR count). The SMILES string of the molecule is CCOc1ccc(NC(=O)CCc2csc(NS(=O)(=O)c3ccc(C)cc3)n2)cc1. The van der Waals surface area contributed by atoms with Gasteiger partial charge in [-0.25, -0.2) is 13.4 Å². The molecule has 0 atom stereocenters. The lowest BCUT2D eigenvalue weighted by molar-refractivity contribution is -0.116. The number of thiazole rings is 1. The Morgan fingerprint density at radius 2 is 1.80 bits per heavy atom. The average molecular weight is 446 g/mol. The number of aryl methyl sites for hydroxylation is 2. The summed E-state index contributed by atoms with van der Waals surface area (Å²) < 4.78 is 32.7. The number of hydrogen-bond donors (Lipinski definition) is 2. The van der Waals surface area contributed by atoms with Gasteiger partial charge in [0.05, 0.1) is 17.2 Å². The normalized spacial score (nSPS) is 11.1. The molecule has 1 amide bonds. The first-order chi connectivity index (χ1) is 14.4. The van der Waals surface area contributed by atoms with Crippen LogP contribution in [0.5, 0.6) is 5.75 Å². The number of aromatic nitrogens is 1. The van der Waals surface area contributed by atoms with Gasteiger partial charge in [-0.2, -0.15) is 0 Å². The third-order valence-corrected chi connectivity index (χ3v) is 6.45. The van der Waals surface area contributed by atoms with Crippen LogP contribution in [0.1, 0.15) is 24.6 Å². The number of benzene rings is 2. The zero-order valence-corrected chi connectivity index (χ0v) is 18.3. The molecule has 30 heavy (non-hydrogen) atoms. The molecule has 0 saturated heterocycles. The Kier molecular flexibility index (Phi) is 7.07. The Hall–Kier alpha value is -2.91. The Labute approximate surface area is 180 Å². The van der Waals surface area contributed by atoms with Gasteiger partial charge in [0.1, 0.15) is 5.75 Å². The molecule has 2 N–H and O–H groups in total. The van der Waals surface area contributed by atoms with Gasteiger partial charge in [0.15, 0.2) is 5.13 Å². The Morgan fingerprint density at radius 1 is 1.10 bits per heavy atom. The summed E-state index contributed by atoms with van der Waals surface area (Å²) in [4.78, 5) is 16.6. The molecular formula is C21H23N3O4S2. The first-order valence-corrected chi connectivity index (χ1v) is 11.8. The second-order valence-corrected chi connectivity index (χ2v) is 9.11. The van der Waals surface area contributed by atoms with Crippen LogP contribution in [0, 0.1) is 6.92 Å². The number of anilines is 2. The van der Waals surface area contributed by atoms with E-state index in [-0.39, 0.29) is 22.4 Å². The summed E-state index contributed by atoms with van der Waals surface area (Å²) in [6.45, 7) is 4.39. The molecular weight excluding hydrogens is 422 g/mol. The Bertz CT molecular complexity index is 1090. The summed E-state index contributed by atoms with van der Waals surface area (Å²) in [6, 6.07) is 13.7. The zero-order chi connectivity index (χ0) is 21.6. The standard InChI is InChI=1S/C21H23N3O4S2/c1-3-28-18-9-6-16(7-10-18)22-20(25)13-8-17-14-29-21(23-17)24-30(26,27)19-11-4-15(2)5-12-19/h4-7,9-12,14H,3,8,13H2,1-2H3,(H,22,25)(H,23,24). The van der Waals surface area contributed by atoms with E-state index in [1.165, 1.54) is 11.3 Å².